The van der Waals surface area contributed by atoms with Gasteiger partial charge in [0.05, 0.1) is 12.7 Å². The van der Waals surface area contributed by atoms with E-state index in [2.05, 4.69) is 70.9 Å². The molecule has 6 heteroatoms. The Labute approximate surface area is 186 Å². The van der Waals surface area contributed by atoms with Gasteiger partial charge >= 0.3 is 0 Å². The minimum absolute atomic E-state index is 0.0265. The normalized spacial score (nSPS) is 12.5. The molecule has 0 bridgehead atoms. The van der Waals surface area contributed by atoms with Crippen molar-refractivity contribution < 1.29 is 13.9 Å². The van der Waals surface area contributed by atoms with Crippen molar-refractivity contribution in [1.82, 2.24) is 4.90 Å². The summed E-state index contributed by atoms with van der Waals surface area (Å²) in [5.74, 6) is 0.781. The molecule has 2 aromatic carbocycles. The molecule has 3 rings (SSSR count). The number of carbonyl (C=O) groups is 1. The standard InChI is InChI=1S/C21H21I2NO3/c1-4-24(5-2)13(3)27-21-17(22)10-14(11-18(21)23)20(25)16-12-26-19-9-7-6-8-15(16)19/h6-13H,4-5H2,1-3H3. The van der Waals surface area contributed by atoms with Crippen LogP contribution in [0.3, 0.4) is 0 Å². The summed E-state index contributed by atoms with van der Waals surface area (Å²) < 4.78 is 13.6. The fourth-order valence-corrected chi connectivity index (χ4v) is 5.12. The van der Waals surface area contributed by atoms with Crippen LogP contribution in [0.2, 0.25) is 0 Å². The molecular formula is C21H21I2NO3. The van der Waals surface area contributed by atoms with Gasteiger partial charge in [-0.15, -0.1) is 0 Å². The third kappa shape index (κ3) is 4.32. The molecule has 0 N–H and O–H groups in total. The molecule has 1 unspecified atom stereocenters. The van der Waals surface area contributed by atoms with Crippen LogP contribution >= 0.6 is 45.2 Å². The largest absolute Gasteiger partial charge is 0.473 e. The summed E-state index contributed by atoms with van der Waals surface area (Å²) in [4.78, 5) is 15.3. The predicted octanol–water partition coefficient (Wildman–Crippen LogP) is 5.94. The number of para-hydroxylation sites is 1. The van der Waals surface area contributed by atoms with Crippen LogP contribution in [0.4, 0.5) is 0 Å². The first-order chi connectivity index (χ1) is 13.0. The average Bonchev–Trinajstić information content (AvgIpc) is 3.09. The Balaban J connectivity index is 1.91. The highest BCUT2D eigenvalue weighted by Crippen LogP contribution is 2.32. The maximum atomic E-state index is 13.0. The molecule has 1 aromatic heterocycles. The second kappa shape index (κ2) is 8.91. The van der Waals surface area contributed by atoms with E-state index in [1.807, 2.05) is 36.4 Å². The monoisotopic (exact) mass is 589 g/mol. The van der Waals surface area contributed by atoms with Gasteiger partial charge in [0.1, 0.15) is 23.8 Å². The van der Waals surface area contributed by atoms with Crippen molar-refractivity contribution in [2.45, 2.75) is 27.0 Å². The third-order valence-corrected chi connectivity index (χ3v) is 6.20. The maximum absolute atomic E-state index is 13.0. The summed E-state index contributed by atoms with van der Waals surface area (Å²) in [6.45, 7) is 8.15. The minimum Gasteiger partial charge on any atom is -0.473 e. The van der Waals surface area contributed by atoms with E-state index in [-0.39, 0.29) is 12.0 Å². The van der Waals surface area contributed by atoms with Crippen molar-refractivity contribution in [2.24, 2.45) is 0 Å². The lowest BCUT2D eigenvalue weighted by atomic mass is 10.0. The third-order valence-electron chi connectivity index (χ3n) is 4.60. The molecule has 27 heavy (non-hydrogen) atoms. The van der Waals surface area contributed by atoms with Crippen LogP contribution in [0, 0.1) is 7.14 Å². The lowest BCUT2D eigenvalue weighted by Crippen LogP contribution is -2.37. The fraction of sp³-hybridized carbons (Fsp3) is 0.286. The zero-order valence-electron chi connectivity index (χ0n) is 15.5. The Hall–Kier alpha value is -1.13. The van der Waals surface area contributed by atoms with Crippen molar-refractivity contribution in [3.05, 3.63) is 60.9 Å². The van der Waals surface area contributed by atoms with Crippen molar-refractivity contribution in [3.8, 4) is 5.75 Å². The highest BCUT2D eigenvalue weighted by Gasteiger charge is 2.20. The summed E-state index contributed by atoms with van der Waals surface area (Å²) >= 11 is 4.48. The van der Waals surface area contributed by atoms with Crippen LogP contribution in [0.15, 0.2) is 47.1 Å². The first-order valence-corrected chi connectivity index (χ1v) is 11.0. The molecule has 142 valence electrons. The Morgan fingerprint density at radius 3 is 2.41 bits per heavy atom. The number of hydrogen-bond acceptors (Lipinski definition) is 4. The van der Waals surface area contributed by atoms with Crippen molar-refractivity contribution >= 4 is 61.9 Å². The molecule has 0 saturated heterocycles. The first-order valence-electron chi connectivity index (χ1n) is 8.86. The Kier molecular flexibility index (Phi) is 6.80. The number of ether oxygens (including phenoxy) is 1. The minimum atomic E-state index is -0.0425. The van der Waals surface area contributed by atoms with E-state index < -0.39 is 0 Å². The highest BCUT2D eigenvalue weighted by atomic mass is 127. The molecular weight excluding hydrogens is 568 g/mol. The quantitative estimate of drug-likeness (QED) is 0.195. The number of fused-ring (bicyclic) bond motifs is 1. The van der Waals surface area contributed by atoms with E-state index in [1.54, 1.807) is 6.26 Å². The zero-order valence-corrected chi connectivity index (χ0v) is 19.8. The lowest BCUT2D eigenvalue weighted by molar-refractivity contribution is 0.0466. The zero-order chi connectivity index (χ0) is 19.6. The topological polar surface area (TPSA) is 42.7 Å². The van der Waals surface area contributed by atoms with E-state index in [4.69, 9.17) is 9.15 Å². The van der Waals surface area contributed by atoms with Crippen LogP contribution in [-0.4, -0.2) is 30.0 Å². The van der Waals surface area contributed by atoms with E-state index in [1.165, 1.54) is 0 Å². The van der Waals surface area contributed by atoms with E-state index in [9.17, 15) is 4.79 Å². The number of nitrogens with zero attached hydrogens (tertiary/aromatic N) is 1. The first kappa shape index (κ1) is 20.6. The fourth-order valence-electron chi connectivity index (χ4n) is 3.10. The number of ketones is 1. The summed E-state index contributed by atoms with van der Waals surface area (Å²) in [7, 11) is 0. The van der Waals surface area contributed by atoms with Crippen LogP contribution in [0.5, 0.6) is 5.75 Å². The molecule has 0 radical (unpaired) electrons. The Morgan fingerprint density at radius 1 is 1.15 bits per heavy atom. The summed E-state index contributed by atoms with van der Waals surface area (Å²) in [5, 5.41) is 0.836. The van der Waals surface area contributed by atoms with Gasteiger partial charge < -0.3 is 9.15 Å². The van der Waals surface area contributed by atoms with Crippen molar-refractivity contribution in [2.75, 3.05) is 13.1 Å². The molecule has 1 heterocycles. The number of furan rings is 1. The lowest BCUT2D eigenvalue weighted by Gasteiger charge is -2.27. The molecule has 3 aromatic rings. The second-order valence-corrected chi connectivity index (χ2v) is 8.51. The molecule has 0 saturated carbocycles. The number of rotatable bonds is 7. The summed E-state index contributed by atoms with van der Waals surface area (Å²) in [6.07, 6.45) is 1.51. The number of hydrogen-bond donors (Lipinski definition) is 0. The summed E-state index contributed by atoms with van der Waals surface area (Å²) in [6, 6.07) is 11.4. The summed E-state index contributed by atoms with van der Waals surface area (Å²) in [5.41, 5.74) is 1.94. The van der Waals surface area contributed by atoms with Crippen LogP contribution in [0.1, 0.15) is 36.7 Å². The molecule has 0 aliphatic carbocycles. The highest BCUT2D eigenvalue weighted by molar-refractivity contribution is 14.1. The molecule has 0 aliphatic rings. The van der Waals surface area contributed by atoms with Crippen LogP contribution in [-0.2, 0) is 0 Å². The SMILES string of the molecule is CCN(CC)C(C)Oc1c(I)cc(C(=O)c2coc3ccccc23)cc1I. The molecule has 0 aliphatic heterocycles. The number of benzene rings is 2. The molecule has 4 nitrogen and oxygen atoms in total. The molecule has 1 atom stereocenters. The number of carbonyl (C=O) groups excluding carboxylic acids is 1. The van der Waals surface area contributed by atoms with Crippen LogP contribution in [0.25, 0.3) is 11.0 Å². The van der Waals surface area contributed by atoms with E-state index in [0.29, 0.717) is 11.1 Å². The Bertz CT molecular complexity index is 940. The van der Waals surface area contributed by atoms with Gasteiger partial charge in [-0.05, 0) is 83.4 Å². The molecule has 0 fully saturated rings. The number of halogens is 2. The van der Waals surface area contributed by atoms with E-state index in [0.717, 1.165) is 36.9 Å². The predicted molar refractivity (Wildman–Crippen MR) is 125 cm³/mol. The molecule has 0 spiro atoms. The van der Waals surface area contributed by atoms with Crippen molar-refractivity contribution in [3.63, 3.8) is 0 Å². The van der Waals surface area contributed by atoms with Gasteiger partial charge in [-0.1, -0.05) is 32.0 Å². The maximum Gasteiger partial charge on any atom is 0.196 e. The average molecular weight is 589 g/mol. The Morgan fingerprint density at radius 2 is 1.78 bits per heavy atom. The van der Waals surface area contributed by atoms with Gasteiger partial charge in [0.25, 0.3) is 0 Å². The van der Waals surface area contributed by atoms with Gasteiger partial charge in [-0.2, -0.15) is 0 Å². The van der Waals surface area contributed by atoms with Crippen molar-refractivity contribution in [1.29, 1.82) is 0 Å². The molecule has 0 amide bonds. The van der Waals surface area contributed by atoms with Gasteiger partial charge in [0, 0.05) is 10.9 Å². The van der Waals surface area contributed by atoms with E-state index >= 15 is 0 Å². The van der Waals surface area contributed by atoms with Gasteiger partial charge in [-0.25, -0.2) is 0 Å². The second-order valence-electron chi connectivity index (χ2n) is 6.18. The van der Waals surface area contributed by atoms with Gasteiger partial charge in [0.2, 0.25) is 0 Å². The van der Waals surface area contributed by atoms with Gasteiger partial charge in [0.15, 0.2) is 5.78 Å². The van der Waals surface area contributed by atoms with Gasteiger partial charge in [-0.3, -0.25) is 9.69 Å². The smallest absolute Gasteiger partial charge is 0.196 e. The van der Waals surface area contributed by atoms with Crippen LogP contribution < -0.4 is 4.74 Å².